The predicted octanol–water partition coefficient (Wildman–Crippen LogP) is 3.29. The normalized spacial score (nSPS) is 16.2. The number of hydrogen-bond acceptors (Lipinski definition) is 4. The van der Waals surface area contributed by atoms with Crippen LogP contribution in [0.4, 0.5) is 0 Å². The van der Waals surface area contributed by atoms with E-state index in [1.54, 1.807) is 18.2 Å². The van der Waals surface area contributed by atoms with Crippen LogP contribution in [0.3, 0.4) is 0 Å². The van der Waals surface area contributed by atoms with E-state index in [2.05, 4.69) is 0 Å². The molecule has 0 aliphatic heterocycles. The number of aromatic hydroxyl groups is 1. The quantitative estimate of drug-likeness (QED) is 0.677. The van der Waals surface area contributed by atoms with Crippen molar-refractivity contribution >= 4 is 12.0 Å². The van der Waals surface area contributed by atoms with Crippen molar-refractivity contribution in [3.8, 4) is 11.5 Å². The molecular formula is C16H20O4. The fourth-order valence-electron chi connectivity index (χ4n) is 2.35. The maximum atomic E-state index is 11.7. The Balaban J connectivity index is 1.92. The molecule has 0 saturated heterocycles. The van der Waals surface area contributed by atoms with Gasteiger partial charge >= 0.3 is 5.97 Å². The molecule has 4 nitrogen and oxygen atoms in total. The molecule has 0 unspecified atom stereocenters. The first kappa shape index (κ1) is 14.4. The molecule has 0 radical (unpaired) electrons. The summed E-state index contributed by atoms with van der Waals surface area (Å²) in [4.78, 5) is 11.7. The van der Waals surface area contributed by atoms with Crippen LogP contribution in [-0.2, 0) is 9.53 Å². The molecule has 0 aromatic heterocycles. The van der Waals surface area contributed by atoms with Gasteiger partial charge in [-0.25, -0.2) is 4.79 Å². The van der Waals surface area contributed by atoms with Crippen LogP contribution in [0.1, 0.15) is 37.7 Å². The minimum Gasteiger partial charge on any atom is -0.504 e. The van der Waals surface area contributed by atoms with Crippen molar-refractivity contribution in [3.63, 3.8) is 0 Å². The lowest BCUT2D eigenvalue weighted by molar-refractivity contribution is -0.144. The lowest BCUT2D eigenvalue weighted by atomic mass is 9.98. The topological polar surface area (TPSA) is 55.8 Å². The average Bonchev–Trinajstić information content (AvgIpc) is 2.47. The van der Waals surface area contributed by atoms with Crippen molar-refractivity contribution in [1.82, 2.24) is 0 Å². The van der Waals surface area contributed by atoms with Gasteiger partial charge in [0.15, 0.2) is 11.5 Å². The summed E-state index contributed by atoms with van der Waals surface area (Å²) in [7, 11) is 1.49. The Morgan fingerprint density at radius 1 is 1.30 bits per heavy atom. The van der Waals surface area contributed by atoms with Gasteiger partial charge in [0.1, 0.15) is 6.10 Å². The number of carbonyl (C=O) groups excluding carboxylic acids is 1. The minimum absolute atomic E-state index is 0.0650. The second-order valence-corrected chi connectivity index (χ2v) is 4.96. The van der Waals surface area contributed by atoms with Gasteiger partial charge in [-0.1, -0.05) is 12.5 Å². The number of phenols is 1. The van der Waals surface area contributed by atoms with Crippen LogP contribution in [0.25, 0.3) is 6.08 Å². The fraction of sp³-hybridized carbons (Fsp3) is 0.438. The van der Waals surface area contributed by atoms with Gasteiger partial charge in [0, 0.05) is 6.08 Å². The second kappa shape index (κ2) is 6.98. The van der Waals surface area contributed by atoms with Gasteiger partial charge in [0.25, 0.3) is 0 Å². The van der Waals surface area contributed by atoms with Crippen molar-refractivity contribution < 1.29 is 19.4 Å². The summed E-state index contributed by atoms with van der Waals surface area (Å²) >= 11 is 0. The molecule has 20 heavy (non-hydrogen) atoms. The van der Waals surface area contributed by atoms with Gasteiger partial charge < -0.3 is 14.6 Å². The molecule has 2 rings (SSSR count). The molecule has 1 aromatic rings. The van der Waals surface area contributed by atoms with E-state index < -0.39 is 0 Å². The van der Waals surface area contributed by atoms with Gasteiger partial charge in [-0.15, -0.1) is 0 Å². The van der Waals surface area contributed by atoms with Crippen LogP contribution < -0.4 is 4.74 Å². The van der Waals surface area contributed by atoms with E-state index in [-0.39, 0.29) is 17.8 Å². The van der Waals surface area contributed by atoms with Gasteiger partial charge in [0.05, 0.1) is 7.11 Å². The molecule has 0 bridgehead atoms. The lowest BCUT2D eigenvalue weighted by Crippen LogP contribution is -2.19. The number of methoxy groups -OCH3 is 1. The van der Waals surface area contributed by atoms with Gasteiger partial charge in [0.2, 0.25) is 0 Å². The van der Waals surface area contributed by atoms with E-state index in [1.165, 1.54) is 25.7 Å². The summed E-state index contributed by atoms with van der Waals surface area (Å²) in [6.07, 6.45) is 8.58. The molecule has 0 heterocycles. The van der Waals surface area contributed by atoms with Gasteiger partial charge in [-0.3, -0.25) is 0 Å². The number of hydrogen-bond donors (Lipinski definition) is 1. The molecule has 4 heteroatoms. The van der Waals surface area contributed by atoms with E-state index in [1.807, 2.05) is 0 Å². The Labute approximate surface area is 119 Å². The summed E-state index contributed by atoms with van der Waals surface area (Å²) in [5.74, 6) is 0.145. The Hall–Kier alpha value is -1.97. The first-order valence-electron chi connectivity index (χ1n) is 6.95. The van der Waals surface area contributed by atoms with Crippen LogP contribution >= 0.6 is 0 Å². The highest BCUT2D eigenvalue weighted by molar-refractivity contribution is 5.87. The van der Waals surface area contributed by atoms with Crippen molar-refractivity contribution in [1.29, 1.82) is 0 Å². The summed E-state index contributed by atoms with van der Waals surface area (Å²) in [5, 5.41) is 9.49. The largest absolute Gasteiger partial charge is 0.504 e. The van der Waals surface area contributed by atoms with Gasteiger partial charge in [-0.05, 0) is 49.5 Å². The van der Waals surface area contributed by atoms with Crippen LogP contribution in [-0.4, -0.2) is 24.3 Å². The third-order valence-electron chi connectivity index (χ3n) is 3.45. The molecule has 1 N–H and O–H groups in total. The Kier molecular flexibility index (Phi) is 5.04. The molecular weight excluding hydrogens is 256 g/mol. The Morgan fingerprint density at radius 3 is 2.75 bits per heavy atom. The maximum absolute atomic E-state index is 11.7. The number of benzene rings is 1. The van der Waals surface area contributed by atoms with Crippen LogP contribution in [0.5, 0.6) is 11.5 Å². The number of phenolic OH excluding ortho intramolecular Hbond substituents is 1. The highest BCUT2D eigenvalue weighted by atomic mass is 16.5. The standard InChI is InChI=1S/C16H20O4/c1-19-15-11-12(7-9-14(15)17)8-10-16(18)20-13-5-3-2-4-6-13/h7-11,13,17H,2-6H2,1H3/b10-8+. The van der Waals surface area contributed by atoms with Crippen LogP contribution in [0.2, 0.25) is 0 Å². The minimum atomic E-state index is -0.316. The third kappa shape index (κ3) is 4.02. The molecule has 1 saturated carbocycles. The first-order chi connectivity index (χ1) is 9.69. The van der Waals surface area contributed by atoms with Crippen molar-refractivity contribution in [2.24, 2.45) is 0 Å². The van der Waals surface area contributed by atoms with Crippen molar-refractivity contribution in [3.05, 3.63) is 29.8 Å². The molecule has 0 atom stereocenters. The first-order valence-corrected chi connectivity index (χ1v) is 6.95. The summed E-state index contributed by atoms with van der Waals surface area (Å²) in [5.41, 5.74) is 0.778. The number of rotatable bonds is 4. The van der Waals surface area contributed by atoms with Crippen molar-refractivity contribution in [2.45, 2.75) is 38.2 Å². The fourth-order valence-corrected chi connectivity index (χ4v) is 2.35. The SMILES string of the molecule is COc1cc(/C=C/C(=O)OC2CCCCC2)ccc1O. The number of ether oxygens (including phenoxy) is 2. The van der Waals surface area contributed by atoms with Crippen LogP contribution in [0.15, 0.2) is 24.3 Å². The predicted molar refractivity (Wildman–Crippen MR) is 76.7 cm³/mol. The molecule has 1 fully saturated rings. The second-order valence-electron chi connectivity index (χ2n) is 4.96. The molecule has 1 aliphatic rings. The zero-order valence-corrected chi connectivity index (χ0v) is 11.7. The van der Waals surface area contributed by atoms with E-state index in [0.29, 0.717) is 5.75 Å². The molecule has 0 amide bonds. The highest BCUT2D eigenvalue weighted by Gasteiger charge is 2.16. The van der Waals surface area contributed by atoms with E-state index in [4.69, 9.17) is 9.47 Å². The summed E-state index contributed by atoms with van der Waals surface area (Å²) < 4.78 is 10.4. The Bertz CT molecular complexity index is 487. The monoisotopic (exact) mass is 276 g/mol. The van der Waals surface area contributed by atoms with Crippen molar-refractivity contribution in [2.75, 3.05) is 7.11 Å². The highest BCUT2D eigenvalue weighted by Crippen LogP contribution is 2.26. The molecule has 1 aliphatic carbocycles. The van der Waals surface area contributed by atoms with Crippen LogP contribution in [0, 0.1) is 0 Å². The average molecular weight is 276 g/mol. The smallest absolute Gasteiger partial charge is 0.331 e. The van der Waals surface area contributed by atoms with E-state index in [0.717, 1.165) is 31.2 Å². The zero-order chi connectivity index (χ0) is 14.4. The Morgan fingerprint density at radius 2 is 2.05 bits per heavy atom. The molecule has 1 aromatic carbocycles. The summed E-state index contributed by atoms with van der Waals surface area (Å²) in [6.45, 7) is 0. The molecule has 108 valence electrons. The number of esters is 1. The molecule has 0 spiro atoms. The van der Waals surface area contributed by atoms with E-state index >= 15 is 0 Å². The third-order valence-corrected chi connectivity index (χ3v) is 3.45. The lowest BCUT2D eigenvalue weighted by Gasteiger charge is -2.20. The number of carbonyl (C=O) groups is 1. The van der Waals surface area contributed by atoms with E-state index in [9.17, 15) is 9.90 Å². The maximum Gasteiger partial charge on any atom is 0.331 e. The zero-order valence-electron chi connectivity index (χ0n) is 11.7. The summed E-state index contributed by atoms with van der Waals surface area (Å²) in [6, 6.07) is 4.91. The van der Waals surface area contributed by atoms with Gasteiger partial charge in [-0.2, -0.15) is 0 Å².